The van der Waals surface area contributed by atoms with Gasteiger partial charge in [-0.25, -0.2) is 0 Å². The highest BCUT2D eigenvalue weighted by Crippen LogP contribution is 2.34. The summed E-state index contributed by atoms with van der Waals surface area (Å²) in [7, 11) is 0. The van der Waals surface area contributed by atoms with Gasteiger partial charge in [-0.3, -0.25) is 19.3 Å². The first-order valence-electron chi connectivity index (χ1n) is 11.6. The van der Waals surface area contributed by atoms with Crippen LogP contribution in [0.5, 0.6) is 11.5 Å². The molecular weight excluding hydrogens is 547 g/mol. The van der Waals surface area contributed by atoms with Crippen molar-refractivity contribution in [2.24, 2.45) is 0 Å². The van der Waals surface area contributed by atoms with Crippen LogP contribution >= 0.6 is 35.0 Å². The van der Waals surface area contributed by atoms with Crippen LogP contribution in [0.3, 0.4) is 0 Å². The minimum atomic E-state index is -0.392. The summed E-state index contributed by atoms with van der Waals surface area (Å²) in [4.78, 5) is 38.9. The number of anilines is 1. The second-order valence-electron chi connectivity index (χ2n) is 8.49. The first kappa shape index (κ1) is 27.6. The molecule has 0 spiro atoms. The lowest BCUT2D eigenvalue weighted by atomic mass is 10.2. The lowest BCUT2D eigenvalue weighted by molar-refractivity contribution is -0.123. The quantitative estimate of drug-likeness (QED) is 0.286. The van der Waals surface area contributed by atoms with Crippen LogP contribution < -0.4 is 14.8 Å². The lowest BCUT2D eigenvalue weighted by Gasteiger charge is -2.13. The summed E-state index contributed by atoms with van der Waals surface area (Å²) in [6.45, 7) is 3.90. The number of imide groups is 1. The summed E-state index contributed by atoms with van der Waals surface area (Å²) in [5.41, 5.74) is 3.14. The number of hydrogen-bond acceptors (Lipinski definition) is 6. The van der Waals surface area contributed by atoms with Crippen LogP contribution in [0.2, 0.25) is 10.0 Å². The number of halogens is 2. The molecule has 0 aliphatic carbocycles. The number of rotatable bonds is 9. The first-order chi connectivity index (χ1) is 18.2. The van der Waals surface area contributed by atoms with E-state index in [0.717, 1.165) is 27.8 Å². The molecule has 0 saturated carbocycles. The van der Waals surface area contributed by atoms with Gasteiger partial charge in [0, 0.05) is 10.7 Å². The Hall–Kier alpha value is -3.46. The number of nitrogens with one attached hydrogen (secondary N) is 1. The molecule has 0 unspecified atom stereocenters. The van der Waals surface area contributed by atoms with E-state index in [-0.39, 0.29) is 40.8 Å². The second-order valence-corrected chi connectivity index (χ2v) is 10.3. The minimum Gasteiger partial charge on any atom is -0.492 e. The van der Waals surface area contributed by atoms with Gasteiger partial charge in [0.1, 0.15) is 18.1 Å². The van der Waals surface area contributed by atoms with Crippen LogP contribution in [0.1, 0.15) is 16.7 Å². The van der Waals surface area contributed by atoms with Gasteiger partial charge in [0.2, 0.25) is 0 Å². The maximum atomic E-state index is 12.8. The Labute approximate surface area is 234 Å². The number of ether oxygens (including phenoxy) is 2. The van der Waals surface area contributed by atoms with Crippen LogP contribution in [0.4, 0.5) is 10.5 Å². The summed E-state index contributed by atoms with van der Waals surface area (Å²) in [6, 6.07) is 17.7. The predicted octanol–water partition coefficient (Wildman–Crippen LogP) is 6.74. The highest BCUT2D eigenvalue weighted by atomic mass is 35.5. The van der Waals surface area contributed by atoms with E-state index in [1.807, 2.05) is 44.2 Å². The van der Waals surface area contributed by atoms with Crippen LogP contribution in [-0.2, 0) is 9.59 Å². The predicted molar refractivity (Wildman–Crippen MR) is 151 cm³/mol. The van der Waals surface area contributed by atoms with E-state index >= 15 is 0 Å². The molecule has 0 bridgehead atoms. The van der Waals surface area contributed by atoms with Crippen molar-refractivity contribution in [1.29, 1.82) is 0 Å². The number of benzene rings is 3. The summed E-state index contributed by atoms with van der Waals surface area (Å²) in [5, 5.41) is 3.16. The van der Waals surface area contributed by atoms with Gasteiger partial charge in [-0.2, -0.15) is 0 Å². The van der Waals surface area contributed by atoms with Crippen molar-refractivity contribution in [2.45, 2.75) is 13.8 Å². The molecule has 1 fully saturated rings. The summed E-state index contributed by atoms with van der Waals surface area (Å²) in [6.07, 6.45) is 1.59. The Morgan fingerprint density at radius 3 is 2.55 bits per heavy atom. The van der Waals surface area contributed by atoms with Crippen molar-refractivity contribution in [3.8, 4) is 11.5 Å². The topological polar surface area (TPSA) is 84.9 Å². The molecular formula is C28H24Cl2N2O5S. The minimum absolute atomic E-state index is 0.139. The summed E-state index contributed by atoms with van der Waals surface area (Å²) in [5.74, 6) is 0.228. The van der Waals surface area contributed by atoms with E-state index in [4.69, 9.17) is 32.7 Å². The lowest BCUT2D eigenvalue weighted by Crippen LogP contribution is -2.32. The van der Waals surface area contributed by atoms with E-state index in [9.17, 15) is 14.4 Å². The molecule has 10 heteroatoms. The van der Waals surface area contributed by atoms with Crippen LogP contribution in [0.25, 0.3) is 6.08 Å². The average Bonchev–Trinajstić information content (AvgIpc) is 3.13. The number of carbonyl (C=O) groups excluding carboxylic acids is 3. The molecule has 0 radical (unpaired) electrons. The molecule has 3 aromatic rings. The molecule has 0 aromatic heterocycles. The molecule has 1 heterocycles. The van der Waals surface area contributed by atoms with E-state index in [0.29, 0.717) is 27.8 Å². The van der Waals surface area contributed by atoms with Gasteiger partial charge in [0.05, 0.1) is 16.5 Å². The van der Waals surface area contributed by atoms with Gasteiger partial charge in [0.15, 0.2) is 6.61 Å². The number of thioether (sulfide) groups is 1. The van der Waals surface area contributed by atoms with E-state index in [1.54, 1.807) is 36.4 Å². The smallest absolute Gasteiger partial charge is 0.293 e. The molecule has 1 aliphatic heterocycles. The van der Waals surface area contributed by atoms with Crippen molar-refractivity contribution in [1.82, 2.24) is 4.90 Å². The van der Waals surface area contributed by atoms with Crippen molar-refractivity contribution >= 4 is 63.8 Å². The fourth-order valence-corrected chi connectivity index (χ4v) is 4.83. The normalized spacial score (nSPS) is 14.2. The fraction of sp³-hybridized carbons (Fsp3) is 0.179. The van der Waals surface area contributed by atoms with Crippen LogP contribution in [0, 0.1) is 13.8 Å². The monoisotopic (exact) mass is 570 g/mol. The zero-order chi connectivity index (χ0) is 27.2. The Kier molecular flexibility index (Phi) is 8.99. The standard InChI is InChI=1S/C28H24Cl2N2O5S/c1-17-4-3-5-21(12-17)36-11-10-32-27(34)25(38-28(32)35)14-19-7-9-24(23(30)13-19)37-16-26(33)31-20-8-6-18(2)22(29)15-20/h3-9,12-15H,10-11,16H2,1-2H3,(H,31,33)/b25-14-. The zero-order valence-corrected chi connectivity index (χ0v) is 23.0. The molecule has 38 heavy (non-hydrogen) atoms. The SMILES string of the molecule is Cc1cccc(OCCN2C(=O)S/C(=C\c3ccc(OCC(=O)Nc4ccc(C)c(Cl)c4)c(Cl)c3)C2=O)c1. The largest absolute Gasteiger partial charge is 0.492 e. The summed E-state index contributed by atoms with van der Waals surface area (Å²) < 4.78 is 11.2. The molecule has 196 valence electrons. The van der Waals surface area contributed by atoms with Crippen molar-refractivity contribution in [3.63, 3.8) is 0 Å². The average molecular weight is 571 g/mol. The maximum absolute atomic E-state index is 12.8. The molecule has 1 N–H and O–H groups in total. The van der Waals surface area contributed by atoms with Crippen molar-refractivity contribution < 1.29 is 23.9 Å². The maximum Gasteiger partial charge on any atom is 0.293 e. The third-order valence-electron chi connectivity index (χ3n) is 5.51. The van der Waals surface area contributed by atoms with Crippen LogP contribution in [-0.4, -0.2) is 41.7 Å². The van der Waals surface area contributed by atoms with Gasteiger partial charge in [-0.05, 0) is 84.8 Å². The third-order valence-corrected chi connectivity index (χ3v) is 7.12. The Morgan fingerprint density at radius 1 is 1.00 bits per heavy atom. The zero-order valence-electron chi connectivity index (χ0n) is 20.6. The molecule has 1 aliphatic rings. The van der Waals surface area contributed by atoms with Gasteiger partial charge in [-0.1, -0.05) is 47.5 Å². The second kappa shape index (κ2) is 12.4. The molecule has 3 aromatic carbocycles. The van der Waals surface area contributed by atoms with E-state index in [2.05, 4.69) is 5.32 Å². The van der Waals surface area contributed by atoms with E-state index < -0.39 is 5.91 Å². The Bertz CT molecular complexity index is 1430. The molecule has 0 atom stereocenters. The van der Waals surface area contributed by atoms with Gasteiger partial charge in [-0.15, -0.1) is 0 Å². The van der Waals surface area contributed by atoms with Gasteiger partial charge < -0.3 is 14.8 Å². The van der Waals surface area contributed by atoms with Gasteiger partial charge >= 0.3 is 0 Å². The highest BCUT2D eigenvalue weighted by molar-refractivity contribution is 8.18. The molecule has 7 nitrogen and oxygen atoms in total. The molecule has 1 saturated heterocycles. The highest BCUT2D eigenvalue weighted by Gasteiger charge is 2.34. The Balaban J connectivity index is 1.32. The number of carbonyl (C=O) groups is 3. The molecule has 4 rings (SSSR count). The Morgan fingerprint density at radius 2 is 1.82 bits per heavy atom. The number of aryl methyl sites for hydroxylation is 2. The number of hydrogen-bond donors (Lipinski definition) is 1. The van der Waals surface area contributed by atoms with Crippen LogP contribution in [0.15, 0.2) is 65.6 Å². The van der Waals surface area contributed by atoms with E-state index in [1.165, 1.54) is 0 Å². The third kappa shape index (κ3) is 7.10. The number of nitrogens with zero attached hydrogens (tertiary/aromatic N) is 1. The molecule has 3 amide bonds. The van der Waals surface area contributed by atoms with Crippen molar-refractivity contribution in [2.75, 3.05) is 25.1 Å². The summed E-state index contributed by atoms with van der Waals surface area (Å²) >= 11 is 13.3. The fourth-order valence-electron chi connectivity index (χ4n) is 3.54. The first-order valence-corrected chi connectivity index (χ1v) is 13.2. The number of amides is 3. The van der Waals surface area contributed by atoms with Gasteiger partial charge in [0.25, 0.3) is 17.1 Å². The van der Waals surface area contributed by atoms with Crippen molar-refractivity contribution in [3.05, 3.63) is 92.3 Å².